The van der Waals surface area contributed by atoms with Gasteiger partial charge in [-0.05, 0) is 17.5 Å². The molecule has 2 aliphatic heterocycles. The van der Waals surface area contributed by atoms with E-state index in [1.807, 2.05) is 23.6 Å². The van der Waals surface area contributed by atoms with E-state index in [0.29, 0.717) is 0 Å². The van der Waals surface area contributed by atoms with E-state index < -0.39 is 6.29 Å². The average Bonchev–Trinajstić information content (AvgIpc) is 3.15. The molecule has 4 nitrogen and oxygen atoms in total. The molecule has 3 heterocycles. The van der Waals surface area contributed by atoms with Crippen molar-refractivity contribution in [3.05, 3.63) is 46.2 Å². The monoisotopic (exact) mass is 338 g/mol. The van der Waals surface area contributed by atoms with Crippen LogP contribution < -0.4 is 14.8 Å². The number of fused-ring (bicyclic) bond motifs is 1. The third-order valence-electron chi connectivity index (χ3n) is 4.08. The first kappa shape index (κ1) is 14.9. The molecule has 0 amide bonds. The molecule has 23 heavy (non-hydrogen) atoms. The zero-order valence-electron chi connectivity index (χ0n) is 12.3. The van der Waals surface area contributed by atoms with Crippen LogP contribution in [0.3, 0.4) is 0 Å². The smallest absolute Gasteiger partial charge is 0.395 e. The van der Waals surface area contributed by atoms with Crippen molar-refractivity contribution in [1.29, 1.82) is 0 Å². The number of para-hydroxylation sites is 1. The zero-order chi connectivity index (χ0) is 15.9. The van der Waals surface area contributed by atoms with Gasteiger partial charge in [0.05, 0.1) is 6.04 Å². The highest BCUT2D eigenvalue weighted by atomic mass is 32.1. The Labute approximate surface area is 136 Å². The van der Waals surface area contributed by atoms with E-state index in [0.717, 1.165) is 36.6 Å². The van der Waals surface area contributed by atoms with E-state index in [-0.39, 0.29) is 17.5 Å². The van der Waals surface area contributed by atoms with Crippen LogP contribution in [0.25, 0.3) is 0 Å². The molecular formula is C16H16F2N2O2S. The second-order valence-electron chi connectivity index (χ2n) is 5.55. The van der Waals surface area contributed by atoms with Crippen LogP contribution in [0, 0.1) is 0 Å². The van der Waals surface area contributed by atoms with Crippen molar-refractivity contribution >= 4 is 11.3 Å². The van der Waals surface area contributed by atoms with Crippen LogP contribution >= 0.6 is 11.3 Å². The van der Waals surface area contributed by atoms with E-state index in [9.17, 15) is 8.78 Å². The number of halogens is 2. The van der Waals surface area contributed by atoms with Crippen LogP contribution in [0.4, 0.5) is 8.78 Å². The average molecular weight is 338 g/mol. The summed E-state index contributed by atoms with van der Waals surface area (Å²) >= 11 is 1.62. The van der Waals surface area contributed by atoms with Gasteiger partial charge in [-0.1, -0.05) is 18.2 Å². The Bertz CT molecular complexity index is 687. The van der Waals surface area contributed by atoms with Crippen molar-refractivity contribution in [3.63, 3.8) is 0 Å². The van der Waals surface area contributed by atoms with Crippen molar-refractivity contribution in [1.82, 2.24) is 10.2 Å². The van der Waals surface area contributed by atoms with Gasteiger partial charge in [-0.2, -0.15) is 0 Å². The molecule has 0 aliphatic carbocycles. The lowest BCUT2D eigenvalue weighted by molar-refractivity contribution is -0.287. The SMILES string of the molecule is FC1(F)Oc2cccc([C@H](c3cccs3)N3CCNCC3)c2O1. The van der Waals surface area contributed by atoms with Gasteiger partial charge in [-0.3, -0.25) is 4.90 Å². The maximum atomic E-state index is 13.5. The quantitative estimate of drug-likeness (QED) is 0.933. The molecule has 7 heteroatoms. The number of hydrogen-bond acceptors (Lipinski definition) is 5. The van der Waals surface area contributed by atoms with Gasteiger partial charge in [0.25, 0.3) is 0 Å². The van der Waals surface area contributed by atoms with Gasteiger partial charge < -0.3 is 14.8 Å². The Morgan fingerprint density at radius 3 is 2.70 bits per heavy atom. The number of nitrogens with zero attached hydrogens (tertiary/aromatic N) is 1. The first-order chi connectivity index (χ1) is 11.1. The molecule has 0 radical (unpaired) electrons. The van der Waals surface area contributed by atoms with Gasteiger partial charge in [-0.25, -0.2) is 0 Å². The summed E-state index contributed by atoms with van der Waals surface area (Å²) in [5, 5.41) is 5.32. The molecule has 4 rings (SSSR count). The Balaban J connectivity index is 1.78. The van der Waals surface area contributed by atoms with Crippen molar-refractivity contribution in [3.8, 4) is 11.5 Å². The van der Waals surface area contributed by atoms with Gasteiger partial charge in [0, 0.05) is 36.6 Å². The summed E-state index contributed by atoms with van der Waals surface area (Å²) in [6.45, 7) is 3.46. The number of alkyl halides is 2. The lowest BCUT2D eigenvalue weighted by Gasteiger charge is -2.35. The normalized spacial score (nSPS) is 21.3. The Kier molecular flexibility index (Phi) is 3.71. The molecule has 122 valence electrons. The van der Waals surface area contributed by atoms with E-state index >= 15 is 0 Å². The lowest BCUT2D eigenvalue weighted by Crippen LogP contribution is -2.45. The summed E-state index contributed by atoms with van der Waals surface area (Å²) in [5.41, 5.74) is 0.726. The molecule has 1 atom stereocenters. The molecular weight excluding hydrogens is 322 g/mol. The fourth-order valence-corrected chi connectivity index (χ4v) is 4.00. The molecule has 1 fully saturated rings. The third-order valence-corrected chi connectivity index (χ3v) is 5.01. The van der Waals surface area contributed by atoms with Crippen molar-refractivity contribution < 1.29 is 18.3 Å². The minimum absolute atomic E-state index is 0.101. The second kappa shape index (κ2) is 5.74. The Hall–Kier alpha value is -1.70. The summed E-state index contributed by atoms with van der Waals surface area (Å²) in [6.07, 6.45) is -3.60. The molecule has 0 saturated carbocycles. The first-order valence-electron chi connectivity index (χ1n) is 7.51. The van der Waals surface area contributed by atoms with Crippen LogP contribution in [0.1, 0.15) is 16.5 Å². The van der Waals surface area contributed by atoms with Crippen LogP contribution in [-0.4, -0.2) is 37.4 Å². The molecule has 1 aromatic carbocycles. The number of piperazine rings is 1. The van der Waals surface area contributed by atoms with Crippen molar-refractivity contribution in [2.24, 2.45) is 0 Å². The molecule has 1 N–H and O–H groups in total. The molecule has 0 spiro atoms. The Morgan fingerprint density at radius 2 is 1.96 bits per heavy atom. The van der Waals surface area contributed by atoms with Crippen LogP contribution in [-0.2, 0) is 0 Å². The summed E-state index contributed by atoms with van der Waals surface area (Å²) in [4.78, 5) is 3.40. The van der Waals surface area contributed by atoms with Gasteiger partial charge in [0.2, 0.25) is 0 Å². The maximum Gasteiger partial charge on any atom is 0.586 e. The van der Waals surface area contributed by atoms with Crippen LogP contribution in [0.15, 0.2) is 35.7 Å². The van der Waals surface area contributed by atoms with E-state index in [1.54, 1.807) is 17.4 Å². The van der Waals surface area contributed by atoms with E-state index in [4.69, 9.17) is 4.74 Å². The number of nitrogens with one attached hydrogen (secondary N) is 1. The third kappa shape index (κ3) is 2.80. The number of thiophene rings is 1. The predicted molar refractivity (Wildman–Crippen MR) is 83.2 cm³/mol. The van der Waals surface area contributed by atoms with Crippen LogP contribution in [0.5, 0.6) is 11.5 Å². The van der Waals surface area contributed by atoms with Crippen molar-refractivity contribution in [2.75, 3.05) is 26.2 Å². The van der Waals surface area contributed by atoms with Gasteiger partial charge in [-0.15, -0.1) is 20.1 Å². The van der Waals surface area contributed by atoms with Crippen LogP contribution in [0.2, 0.25) is 0 Å². The summed E-state index contributed by atoms with van der Waals surface area (Å²) in [6, 6.07) is 9.00. The number of hydrogen-bond donors (Lipinski definition) is 1. The fourth-order valence-electron chi connectivity index (χ4n) is 3.12. The zero-order valence-corrected chi connectivity index (χ0v) is 13.1. The topological polar surface area (TPSA) is 33.7 Å². The fraction of sp³-hybridized carbons (Fsp3) is 0.375. The van der Waals surface area contributed by atoms with E-state index in [1.165, 1.54) is 6.07 Å². The molecule has 0 unspecified atom stereocenters. The molecule has 1 saturated heterocycles. The minimum Gasteiger partial charge on any atom is -0.395 e. The van der Waals surface area contributed by atoms with Gasteiger partial charge in [0.1, 0.15) is 0 Å². The number of rotatable bonds is 3. The van der Waals surface area contributed by atoms with E-state index in [2.05, 4.69) is 15.0 Å². The molecule has 0 bridgehead atoms. The molecule has 1 aromatic heterocycles. The summed E-state index contributed by atoms with van der Waals surface area (Å²) in [5.74, 6) is 0.249. The first-order valence-corrected chi connectivity index (χ1v) is 8.39. The maximum absolute atomic E-state index is 13.5. The highest BCUT2D eigenvalue weighted by Gasteiger charge is 2.45. The molecule has 2 aromatic rings. The highest BCUT2D eigenvalue weighted by Crippen LogP contribution is 2.48. The molecule has 2 aliphatic rings. The summed E-state index contributed by atoms with van der Waals surface area (Å²) < 4.78 is 36.4. The highest BCUT2D eigenvalue weighted by molar-refractivity contribution is 7.10. The van der Waals surface area contributed by atoms with Gasteiger partial charge in [0.15, 0.2) is 11.5 Å². The minimum atomic E-state index is -3.60. The lowest BCUT2D eigenvalue weighted by atomic mass is 10.0. The standard InChI is InChI=1S/C16H16F2N2O2S/c17-16(18)21-12-4-1-3-11(15(12)22-16)14(13-5-2-10-23-13)20-8-6-19-7-9-20/h1-5,10,14,19H,6-9H2/t14-/m1/s1. The largest absolute Gasteiger partial charge is 0.586 e. The van der Waals surface area contributed by atoms with Crippen molar-refractivity contribution in [2.45, 2.75) is 12.3 Å². The second-order valence-corrected chi connectivity index (χ2v) is 6.53. The number of benzene rings is 1. The summed E-state index contributed by atoms with van der Waals surface area (Å²) in [7, 11) is 0. The number of ether oxygens (including phenoxy) is 2. The Morgan fingerprint density at radius 1 is 1.13 bits per heavy atom. The predicted octanol–water partition coefficient (Wildman–Crippen LogP) is 3.06. The van der Waals surface area contributed by atoms with Gasteiger partial charge >= 0.3 is 6.29 Å².